The molecule has 0 unspecified atom stereocenters. The molecular formula is C18H20BrN3O3S. The fourth-order valence-electron chi connectivity index (χ4n) is 3.06. The number of nitrogens with two attached hydrogens (primary N) is 1. The van der Waals surface area contributed by atoms with Gasteiger partial charge in [-0.25, -0.2) is 13.6 Å². The summed E-state index contributed by atoms with van der Waals surface area (Å²) in [6.07, 6.45) is 0.617. The maximum atomic E-state index is 12.8. The largest absolute Gasteiger partial charge is 0.365 e. The Balaban J connectivity index is 1.77. The number of amides is 1. The van der Waals surface area contributed by atoms with Gasteiger partial charge in [0.25, 0.3) is 0 Å². The summed E-state index contributed by atoms with van der Waals surface area (Å²) in [5, 5.41) is 5.18. The number of carbonyl (C=O) groups is 1. The Morgan fingerprint density at radius 2 is 2.00 bits per heavy atom. The molecule has 0 aromatic heterocycles. The van der Waals surface area contributed by atoms with Crippen molar-refractivity contribution in [2.75, 3.05) is 29.9 Å². The van der Waals surface area contributed by atoms with Crippen LogP contribution in [0.3, 0.4) is 0 Å². The zero-order chi connectivity index (χ0) is 19.1. The molecule has 6 nitrogen and oxygen atoms in total. The molecule has 26 heavy (non-hydrogen) atoms. The number of nitrogens with zero attached hydrogens (tertiary/aromatic N) is 2. The summed E-state index contributed by atoms with van der Waals surface area (Å²) in [6, 6.07) is 10.6. The lowest BCUT2D eigenvalue weighted by Crippen LogP contribution is -2.38. The van der Waals surface area contributed by atoms with Crippen molar-refractivity contribution in [3.8, 4) is 0 Å². The minimum absolute atomic E-state index is 0.0322. The van der Waals surface area contributed by atoms with E-state index in [9.17, 15) is 13.2 Å². The topological polar surface area (TPSA) is 83.7 Å². The predicted octanol–water partition coefficient (Wildman–Crippen LogP) is 2.43. The summed E-state index contributed by atoms with van der Waals surface area (Å²) < 4.78 is 24.0. The third-order valence-electron chi connectivity index (χ3n) is 4.53. The van der Waals surface area contributed by atoms with Gasteiger partial charge in [0.1, 0.15) is 0 Å². The van der Waals surface area contributed by atoms with Crippen LogP contribution in [0.2, 0.25) is 0 Å². The number of primary sulfonamides is 1. The molecule has 138 valence electrons. The van der Waals surface area contributed by atoms with Gasteiger partial charge in [-0.3, -0.25) is 4.79 Å². The second-order valence-electron chi connectivity index (χ2n) is 6.42. The fraction of sp³-hybridized carbons (Fsp3) is 0.278. The van der Waals surface area contributed by atoms with Crippen molar-refractivity contribution in [3.63, 3.8) is 0 Å². The summed E-state index contributed by atoms with van der Waals surface area (Å²) in [5.41, 5.74) is 3.64. The lowest BCUT2D eigenvalue weighted by atomic mass is 10.2. The molecule has 0 saturated heterocycles. The van der Waals surface area contributed by atoms with Crippen LogP contribution in [0.15, 0.2) is 45.8 Å². The van der Waals surface area contributed by atoms with Gasteiger partial charge in [-0.15, -0.1) is 0 Å². The van der Waals surface area contributed by atoms with Crippen LogP contribution in [-0.4, -0.2) is 34.5 Å². The number of fused-ring (bicyclic) bond motifs is 1. The summed E-state index contributed by atoms with van der Waals surface area (Å²) in [6.45, 7) is 2.77. The molecule has 1 aliphatic heterocycles. The van der Waals surface area contributed by atoms with Crippen LogP contribution >= 0.6 is 15.9 Å². The average molecular weight is 438 g/mol. The van der Waals surface area contributed by atoms with Crippen LogP contribution in [-0.2, 0) is 21.2 Å². The monoisotopic (exact) mass is 437 g/mol. The van der Waals surface area contributed by atoms with Crippen molar-refractivity contribution in [2.45, 2.75) is 18.2 Å². The van der Waals surface area contributed by atoms with Crippen LogP contribution < -0.4 is 14.9 Å². The maximum Gasteiger partial charge on any atom is 0.246 e. The number of hydrogen-bond acceptors (Lipinski definition) is 4. The van der Waals surface area contributed by atoms with E-state index in [-0.39, 0.29) is 17.3 Å². The molecule has 2 aromatic carbocycles. The van der Waals surface area contributed by atoms with Gasteiger partial charge in [0.15, 0.2) is 0 Å². The lowest BCUT2D eigenvalue weighted by Gasteiger charge is -2.24. The molecule has 2 aromatic rings. The Labute approximate surface area is 161 Å². The zero-order valence-corrected chi connectivity index (χ0v) is 17.0. The maximum absolute atomic E-state index is 12.8. The van der Waals surface area contributed by atoms with Crippen LogP contribution in [0.25, 0.3) is 0 Å². The highest BCUT2D eigenvalue weighted by atomic mass is 79.9. The number of halogens is 1. The number of rotatable bonds is 4. The number of hydrogen-bond donors (Lipinski definition) is 1. The third kappa shape index (κ3) is 3.77. The van der Waals surface area contributed by atoms with E-state index in [1.54, 1.807) is 17.0 Å². The van der Waals surface area contributed by atoms with Crippen LogP contribution in [0.5, 0.6) is 0 Å². The summed E-state index contributed by atoms with van der Waals surface area (Å²) in [4.78, 5) is 16.4. The molecule has 8 heteroatoms. The Morgan fingerprint density at radius 3 is 2.65 bits per heavy atom. The fourth-order valence-corrected chi connectivity index (χ4v) is 3.87. The first-order chi connectivity index (χ1) is 12.2. The van der Waals surface area contributed by atoms with E-state index in [1.165, 1.54) is 6.07 Å². The quantitative estimate of drug-likeness (QED) is 0.795. The van der Waals surface area contributed by atoms with E-state index < -0.39 is 10.0 Å². The summed E-state index contributed by atoms with van der Waals surface area (Å²) in [5.74, 6) is -0.0322. The molecule has 1 heterocycles. The van der Waals surface area contributed by atoms with Gasteiger partial charge in [-0.1, -0.05) is 15.9 Å². The smallest absolute Gasteiger partial charge is 0.246 e. The van der Waals surface area contributed by atoms with E-state index in [2.05, 4.69) is 15.9 Å². The molecule has 0 radical (unpaired) electrons. The van der Waals surface area contributed by atoms with Crippen molar-refractivity contribution in [1.82, 2.24) is 0 Å². The molecule has 0 fully saturated rings. The molecular weight excluding hydrogens is 418 g/mol. The van der Waals surface area contributed by atoms with Crippen molar-refractivity contribution >= 4 is 43.2 Å². The Hall–Kier alpha value is -1.90. The van der Waals surface area contributed by atoms with Gasteiger partial charge >= 0.3 is 0 Å². The van der Waals surface area contributed by atoms with Crippen molar-refractivity contribution in [1.29, 1.82) is 0 Å². The minimum Gasteiger partial charge on any atom is -0.365 e. The Morgan fingerprint density at radius 1 is 1.27 bits per heavy atom. The number of benzene rings is 2. The van der Waals surface area contributed by atoms with Crippen LogP contribution in [0.4, 0.5) is 11.4 Å². The van der Waals surface area contributed by atoms with Gasteiger partial charge in [0, 0.05) is 29.4 Å². The lowest BCUT2D eigenvalue weighted by molar-refractivity contribution is -0.117. The molecule has 1 aliphatic rings. The van der Waals surface area contributed by atoms with E-state index in [1.807, 2.05) is 37.1 Å². The molecule has 0 saturated carbocycles. The van der Waals surface area contributed by atoms with Gasteiger partial charge in [-0.05, 0) is 60.9 Å². The van der Waals surface area contributed by atoms with Gasteiger partial charge < -0.3 is 9.80 Å². The first kappa shape index (κ1) is 18.9. The van der Waals surface area contributed by atoms with E-state index >= 15 is 0 Å². The van der Waals surface area contributed by atoms with Gasteiger partial charge in [0.2, 0.25) is 15.9 Å². The van der Waals surface area contributed by atoms with Gasteiger partial charge in [-0.2, -0.15) is 0 Å². The van der Waals surface area contributed by atoms with Crippen molar-refractivity contribution in [3.05, 3.63) is 52.0 Å². The molecule has 0 atom stereocenters. The van der Waals surface area contributed by atoms with E-state index in [0.717, 1.165) is 27.0 Å². The molecule has 2 N–H and O–H groups in total. The summed E-state index contributed by atoms with van der Waals surface area (Å²) >= 11 is 3.48. The number of anilines is 2. The minimum atomic E-state index is -3.74. The van der Waals surface area contributed by atoms with E-state index in [4.69, 9.17) is 5.14 Å². The normalized spacial score (nSPS) is 13.6. The zero-order valence-electron chi connectivity index (χ0n) is 14.6. The van der Waals surface area contributed by atoms with Crippen LogP contribution in [0.1, 0.15) is 11.1 Å². The van der Waals surface area contributed by atoms with Gasteiger partial charge in [0.05, 0.1) is 11.4 Å². The number of carbonyl (C=O) groups excluding carboxylic acids is 1. The van der Waals surface area contributed by atoms with E-state index in [0.29, 0.717) is 13.0 Å². The first-order valence-corrected chi connectivity index (χ1v) is 10.4. The SMILES string of the molecule is Cc1cc(N(C)CC(=O)N2CCc3cc(S(N)(=O)=O)ccc32)ccc1Br. The second kappa shape index (κ2) is 7.02. The summed E-state index contributed by atoms with van der Waals surface area (Å²) in [7, 11) is -1.86. The van der Waals surface area contributed by atoms with Crippen molar-refractivity contribution < 1.29 is 13.2 Å². The highest BCUT2D eigenvalue weighted by molar-refractivity contribution is 9.10. The average Bonchev–Trinajstić information content (AvgIpc) is 2.99. The Kier molecular flexibility index (Phi) is 5.09. The highest BCUT2D eigenvalue weighted by Gasteiger charge is 2.26. The molecule has 0 bridgehead atoms. The number of sulfonamides is 1. The predicted molar refractivity (Wildman–Crippen MR) is 106 cm³/mol. The highest BCUT2D eigenvalue weighted by Crippen LogP contribution is 2.30. The van der Waals surface area contributed by atoms with Crippen LogP contribution in [0, 0.1) is 6.92 Å². The standard InChI is InChI=1S/C18H20BrN3O3S/c1-12-9-14(3-5-16(12)19)21(2)11-18(23)22-8-7-13-10-15(26(20,24)25)4-6-17(13)22/h3-6,9-10H,7-8,11H2,1-2H3,(H2,20,24,25). The third-order valence-corrected chi connectivity index (χ3v) is 6.33. The molecule has 3 rings (SSSR count). The van der Waals surface area contributed by atoms with Crippen molar-refractivity contribution in [2.24, 2.45) is 5.14 Å². The number of aryl methyl sites for hydroxylation is 1. The number of likely N-dealkylation sites (N-methyl/N-ethyl adjacent to an activating group) is 1. The molecule has 0 spiro atoms. The first-order valence-electron chi connectivity index (χ1n) is 8.10. The molecule has 1 amide bonds. The Bertz CT molecular complexity index is 976. The second-order valence-corrected chi connectivity index (χ2v) is 8.84. The molecule has 0 aliphatic carbocycles.